The Morgan fingerprint density at radius 1 is 1.45 bits per heavy atom. The van der Waals surface area contributed by atoms with Crippen LogP contribution in [0.4, 0.5) is 0 Å². The van der Waals surface area contributed by atoms with Gasteiger partial charge in [0.15, 0.2) is 0 Å². The summed E-state index contributed by atoms with van der Waals surface area (Å²) in [6.45, 7) is 3.87. The lowest BCUT2D eigenvalue weighted by molar-refractivity contribution is -0.144. The van der Waals surface area contributed by atoms with Gasteiger partial charge in [0.25, 0.3) is 5.91 Å². The lowest BCUT2D eigenvalue weighted by atomic mass is 9.99. The van der Waals surface area contributed by atoms with Crippen molar-refractivity contribution in [3.05, 3.63) is 31.8 Å². The molecule has 0 aromatic heterocycles. The predicted octanol–water partition coefficient (Wildman–Crippen LogP) is 3.37. The first kappa shape index (κ1) is 17.4. The van der Waals surface area contributed by atoms with Crippen LogP contribution in [0.1, 0.15) is 30.6 Å². The van der Waals surface area contributed by atoms with Gasteiger partial charge in [0.05, 0.1) is 12.7 Å². The van der Waals surface area contributed by atoms with E-state index in [1.165, 1.54) is 7.11 Å². The van der Waals surface area contributed by atoms with E-state index in [1.54, 1.807) is 6.07 Å². The van der Waals surface area contributed by atoms with Gasteiger partial charge in [-0.25, -0.2) is 4.79 Å². The van der Waals surface area contributed by atoms with Crippen LogP contribution in [0.15, 0.2) is 22.7 Å². The molecule has 1 N–H and O–H groups in total. The molecule has 0 aliphatic heterocycles. The predicted molar refractivity (Wildman–Crippen MR) is 89.6 cm³/mol. The van der Waals surface area contributed by atoms with Crippen LogP contribution >= 0.6 is 38.5 Å². The lowest BCUT2D eigenvalue weighted by Gasteiger charge is -2.22. The molecule has 0 aliphatic carbocycles. The summed E-state index contributed by atoms with van der Waals surface area (Å²) in [4.78, 5) is 24.1. The highest BCUT2D eigenvalue weighted by Gasteiger charge is 2.27. The minimum absolute atomic E-state index is 0.00737. The number of methoxy groups -OCH3 is 1. The largest absolute Gasteiger partial charge is 0.467 e. The normalized spacial score (nSPS) is 13.4. The molecule has 2 atom stereocenters. The maximum Gasteiger partial charge on any atom is 0.328 e. The van der Waals surface area contributed by atoms with Crippen molar-refractivity contribution in [3.63, 3.8) is 0 Å². The van der Waals surface area contributed by atoms with Crippen LogP contribution in [-0.4, -0.2) is 25.0 Å². The SMILES string of the molecule is CCC(C)C(NC(=O)c1cc(I)ccc1Br)C(=O)OC. The van der Waals surface area contributed by atoms with Gasteiger partial charge in [-0.3, -0.25) is 4.79 Å². The van der Waals surface area contributed by atoms with E-state index in [4.69, 9.17) is 4.74 Å². The molecule has 20 heavy (non-hydrogen) atoms. The van der Waals surface area contributed by atoms with Crippen LogP contribution in [0.3, 0.4) is 0 Å². The third kappa shape index (κ3) is 4.44. The maximum atomic E-state index is 12.3. The molecule has 4 nitrogen and oxygen atoms in total. The summed E-state index contributed by atoms with van der Waals surface area (Å²) in [6, 6.07) is 4.84. The second kappa shape index (κ2) is 7.97. The highest BCUT2D eigenvalue weighted by molar-refractivity contribution is 14.1. The van der Waals surface area contributed by atoms with Crippen molar-refractivity contribution < 1.29 is 14.3 Å². The van der Waals surface area contributed by atoms with Crippen molar-refractivity contribution >= 4 is 50.4 Å². The van der Waals surface area contributed by atoms with Crippen molar-refractivity contribution in [3.8, 4) is 0 Å². The van der Waals surface area contributed by atoms with Crippen molar-refractivity contribution in [1.82, 2.24) is 5.32 Å². The van der Waals surface area contributed by atoms with E-state index in [0.29, 0.717) is 10.0 Å². The average Bonchev–Trinajstić information content (AvgIpc) is 2.45. The molecule has 6 heteroatoms. The molecule has 0 heterocycles. The minimum Gasteiger partial charge on any atom is -0.467 e. The van der Waals surface area contributed by atoms with Gasteiger partial charge in [-0.2, -0.15) is 0 Å². The van der Waals surface area contributed by atoms with Gasteiger partial charge in [-0.15, -0.1) is 0 Å². The third-order valence-corrected chi connectivity index (χ3v) is 4.49. The standard InChI is InChI=1S/C14H17BrINO3/c1-4-8(2)12(14(19)20-3)17-13(18)10-7-9(16)5-6-11(10)15/h5-8,12H,4H2,1-3H3,(H,17,18). The van der Waals surface area contributed by atoms with Gasteiger partial charge in [0.1, 0.15) is 6.04 Å². The fourth-order valence-corrected chi connectivity index (χ4v) is 2.60. The van der Waals surface area contributed by atoms with Gasteiger partial charge in [0.2, 0.25) is 0 Å². The summed E-state index contributed by atoms with van der Waals surface area (Å²) in [5, 5.41) is 2.76. The number of rotatable bonds is 5. The summed E-state index contributed by atoms with van der Waals surface area (Å²) in [7, 11) is 1.32. The van der Waals surface area contributed by atoms with E-state index < -0.39 is 12.0 Å². The number of nitrogens with one attached hydrogen (secondary N) is 1. The molecule has 0 saturated heterocycles. The van der Waals surface area contributed by atoms with Crippen molar-refractivity contribution in [2.24, 2.45) is 5.92 Å². The van der Waals surface area contributed by atoms with E-state index in [9.17, 15) is 9.59 Å². The molecule has 0 radical (unpaired) electrons. The minimum atomic E-state index is -0.637. The molecule has 1 amide bonds. The van der Waals surface area contributed by atoms with E-state index in [-0.39, 0.29) is 11.8 Å². The molecule has 0 fully saturated rings. The molecular formula is C14H17BrINO3. The first-order chi connectivity index (χ1) is 9.40. The number of hydrogen-bond acceptors (Lipinski definition) is 3. The first-order valence-electron chi connectivity index (χ1n) is 6.24. The Morgan fingerprint density at radius 2 is 2.10 bits per heavy atom. The fourth-order valence-electron chi connectivity index (χ4n) is 1.69. The van der Waals surface area contributed by atoms with Gasteiger partial charge < -0.3 is 10.1 Å². The van der Waals surface area contributed by atoms with Crippen molar-refractivity contribution in [2.75, 3.05) is 7.11 Å². The molecule has 0 spiro atoms. The summed E-state index contributed by atoms with van der Waals surface area (Å²) < 4.78 is 6.41. The molecule has 2 unspecified atom stereocenters. The summed E-state index contributed by atoms with van der Waals surface area (Å²) in [5.74, 6) is -0.700. The Kier molecular flexibility index (Phi) is 6.94. The first-order valence-corrected chi connectivity index (χ1v) is 8.11. The number of ether oxygens (including phenoxy) is 1. The summed E-state index contributed by atoms with van der Waals surface area (Å²) in [5.41, 5.74) is 0.508. The molecule has 1 aromatic rings. The van der Waals surface area contributed by atoms with Crippen LogP contribution in [0, 0.1) is 9.49 Å². The summed E-state index contributed by atoms with van der Waals surface area (Å²) in [6.07, 6.45) is 0.771. The van der Waals surface area contributed by atoms with Crippen molar-refractivity contribution in [1.29, 1.82) is 0 Å². The second-order valence-corrected chi connectivity index (χ2v) is 6.58. The summed E-state index contributed by atoms with van der Waals surface area (Å²) >= 11 is 5.49. The number of carbonyl (C=O) groups excluding carboxylic acids is 2. The number of benzene rings is 1. The Hall–Kier alpha value is -0.630. The molecule has 0 saturated carbocycles. The zero-order valence-corrected chi connectivity index (χ0v) is 15.3. The lowest BCUT2D eigenvalue weighted by Crippen LogP contribution is -2.45. The Bertz CT molecular complexity index is 507. The highest BCUT2D eigenvalue weighted by Crippen LogP contribution is 2.20. The average molecular weight is 454 g/mol. The number of hydrogen-bond donors (Lipinski definition) is 1. The highest BCUT2D eigenvalue weighted by atomic mass is 127. The van der Waals surface area contributed by atoms with Gasteiger partial charge in [0, 0.05) is 8.04 Å². The Labute approximate surface area is 140 Å². The monoisotopic (exact) mass is 453 g/mol. The fraction of sp³-hybridized carbons (Fsp3) is 0.429. The van der Waals surface area contributed by atoms with Crippen LogP contribution in [0.2, 0.25) is 0 Å². The van der Waals surface area contributed by atoms with E-state index in [2.05, 4.69) is 43.8 Å². The van der Waals surface area contributed by atoms with Gasteiger partial charge >= 0.3 is 5.97 Å². The smallest absolute Gasteiger partial charge is 0.328 e. The maximum absolute atomic E-state index is 12.3. The Morgan fingerprint density at radius 3 is 2.65 bits per heavy atom. The van der Waals surface area contributed by atoms with Gasteiger partial charge in [-0.05, 0) is 62.6 Å². The number of amides is 1. The molecule has 110 valence electrons. The van der Waals surface area contributed by atoms with Crippen molar-refractivity contribution in [2.45, 2.75) is 26.3 Å². The quantitative estimate of drug-likeness (QED) is 0.549. The van der Waals surface area contributed by atoms with Crippen LogP contribution in [0.25, 0.3) is 0 Å². The van der Waals surface area contributed by atoms with Crippen LogP contribution in [-0.2, 0) is 9.53 Å². The van der Waals surface area contributed by atoms with E-state index in [1.807, 2.05) is 26.0 Å². The molecule has 1 rings (SSSR count). The topological polar surface area (TPSA) is 55.4 Å². The molecule has 0 aliphatic rings. The zero-order chi connectivity index (χ0) is 15.3. The zero-order valence-electron chi connectivity index (χ0n) is 11.6. The van der Waals surface area contributed by atoms with Crippen LogP contribution < -0.4 is 5.32 Å². The van der Waals surface area contributed by atoms with Crippen LogP contribution in [0.5, 0.6) is 0 Å². The molecular weight excluding hydrogens is 437 g/mol. The van der Waals surface area contributed by atoms with E-state index in [0.717, 1.165) is 9.99 Å². The number of esters is 1. The molecule has 0 bridgehead atoms. The number of carbonyl (C=O) groups is 2. The third-order valence-electron chi connectivity index (χ3n) is 3.13. The molecule has 1 aromatic carbocycles. The van der Waals surface area contributed by atoms with Gasteiger partial charge in [-0.1, -0.05) is 20.3 Å². The Balaban J connectivity index is 2.96. The number of halogens is 2. The second-order valence-electron chi connectivity index (χ2n) is 4.48. The van der Waals surface area contributed by atoms with E-state index >= 15 is 0 Å².